The zero-order valence-corrected chi connectivity index (χ0v) is 8.42. The van der Waals surface area contributed by atoms with Crippen LogP contribution < -0.4 is 0 Å². The number of carbonyl (C=O) groups is 1. The van der Waals surface area contributed by atoms with Gasteiger partial charge in [0.05, 0.1) is 5.60 Å². The molecule has 0 radical (unpaired) electrons. The van der Waals surface area contributed by atoms with Gasteiger partial charge in [-0.05, 0) is 26.7 Å². The smallest absolute Gasteiger partial charge is 0.222 e. The Bertz CT molecular complexity index is 147. The fourth-order valence-electron chi connectivity index (χ4n) is 0.896. The number of nitrogens with zero attached hydrogens (tertiary/aromatic N) is 1. The summed E-state index contributed by atoms with van der Waals surface area (Å²) in [5.74, 6) is 0.124. The summed E-state index contributed by atoms with van der Waals surface area (Å²) >= 11 is 0. The number of hydrogen-bond acceptors (Lipinski definition) is 2. The van der Waals surface area contributed by atoms with E-state index in [1.165, 1.54) is 0 Å². The molecule has 0 bridgehead atoms. The lowest BCUT2D eigenvalue weighted by atomic mass is 10.0. The first-order valence-corrected chi connectivity index (χ1v) is 4.25. The molecular weight excluding hydrogens is 154 g/mol. The van der Waals surface area contributed by atoms with E-state index in [1.54, 1.807) is 32.8 Å². The predicted molar refractivity (Wildman–Crippen MR) is 48.8 cm³/mol. The maximum Gasteiger partial charge on any atom is 0.222 e. The summed E-state index contributed by atoms with van der Waals surface area (Å²) in [7, 11) is 3.48. The van der Waals surface area contributed by atoms with Gasteiger partial charge in [-0.3, -0.25) is 4.79 Å². The Hall–Kier alpha value is -0.570. The highest BCUT2D eigenvalue weighted by Crippen LogP contribution is 2.12. The zero-order valence-electron chi connectivity index (χ0n) is 8.42. The van der Waals surface area contributed by atoms with Crippen molar-refractivity contribution >= 4 is 5.91 Å². The molecular formula is C9H19NO2. The quantitative estimate of drug-likeness (QED) is 0.689. The highest BCUT2D eigenvalue weighted by atomic mass is 16.3. The van der Waals surface area contributed by atoms with Gasteiger partial charge >= 0.3 is 0 Å². The van der Waals surface area contributed by atoms with E-state index in [-0.39, 0.29) is 5.91 Å². The fraction of sp³-hybridized carbons (Fsp3) is 0.889. The van der Waals surface area contributed by atoms with Crippen molar-refractivity contribution in [3.05, 3.63) is 0 Å². The van der Waals surface area contributed by atoms with Crippen LogP contribution in [0, 0.1) is 0 Å². The minimum atomic E-state index is -0.646. The molecule has 0 fully saturated rings. The Kier molecular flexibility index (Phi) is 4.24. The molecule has 0 aromatic heterocycles. The van der Waals surface area contributed by atoms with E-state index < -0.39 is 5.60 Å². The molecule has 0 unspecified atom stereocenters. The van der Waals surface area contributed by atoms with Gasteiger partial charge in [-0.25, -0.2) is 0 Å². The van der Waals surface area contributed by atoms with Crippen molar-refractivity contribution in [2.75, 3.05) is 14.1 Å². The number of aliphatic hydroxyl groups is 1. The molecule has 1 N–H and O–H groups in total. The predicted octanol–water partition coefficient (Wildman–Crippen LogP) is 1.02. The van der Waals surface area contributed by atoms with Crippen LogP contribution in [-0.2, 0) is 4.79 Å². The van der Waals surface area contributed by atoms with Crippen LogP contribution >= 0.6 is 0 Å². The van der Waals surface area contributed by atoms with Gasteiger partial charge in [-0.15, -0.1) is 0 Å². The van der Waals surface area contributed by atoms with Crippen LogP contribution in [0.3, 0.4) is 0 Å². The molecule has 0 atom stereocenters. The summed E-state index contributed by atoms with van der Waals surface area (Å²) in [5.41, 5.74) is -0.646. The summed E-state index contributed by atoms with van der Waals surface area (Å²) in [4.78, 5) is 12.6. The first-order chi connectivity index (χ1) is 5.33. The van der Waals surface area contributed by atoms with Gasteiger partial charge in [0.1, 0.15) is 0 Å². The van der Waals surface area contributed by atoms with Crippen molar-refractivity contribution < 1.29 is 9.90 Å². The summed E-state index contributed by atoms with van der Waals surface area (Å²) in [6.45, 7) is 3.51. The summed E-state index contributed by atoms with van der Waals surface area (Å²) in [6.07, 6.45) is 1.95. The molecule has 0 aromatic rings. The van der Waals surface area contributed by atoms with Crippen molar-refractivity contribution in [2.45, 2.75) is 38.7 Å². The molecule has 0 aliphatic rings. The molecule has 12 heavy (non-hydrogen) atoms. The lowest BCUT2D eigenvalue weighted by Gasteiger charge is -2.17. The van der Waals surface area contributed by atoms with Crippen LogP contribution in [0.1, 0.15) is 33.1 Å². The number of carbonyl (C=O) groups excluding carboxylic acids is 1. The molecule has 0 rings (SSSR count). The van der Waals surface area contributed by atoms with E-state index in [0.29, 0.717) is 12.8 Å². The van der Waals surface area contributed by atoms with E-state index in [9.17, 15) is 9.90 Å². The van der Waals surface area contributed by atoms with Gasteiger partial charge in [0, 0.05) is 20.5 Å². The second-order valence-electron chi connectivity index (χ2n) is 3.95. The van der Waals surface area contributed by atoms with Crippen LogP contribution in [0.4, 0.5) is 0 Å². The molecule has 0 aromatic carbocycles. The molecule has 1 amide bonds. The molecule has 0 spiro atoms. The number of hydrogen-bond donors (Lipinski definition) is 1. The van der Waals surface area contributed by atoms with Gasteiger partial charge in [-0.1, -0.05) is 0 Å². The first-order valence-electron chi connectivity index (χ1n) is 4.25. The molecule has 0 saturated heterocycles. The minimum absolute atomic E-state index is 0.124. The van der Waals surface area contributed by atoms with Crippen LogP contribution in [0.2, 0.25) is 0 Å². The Morgan fingerprint density at radius 3 is 2.25 bits per heavy atom. The standard InChI is InChI=1S/C9H19NO2/c1-9(2,12)7-5-6-8(11)10(3)4/h12H,5-7H2,1-4H3. The molecule has 0 aliphatic carbocycles. The van der Waals surface area contributed by atoms with Crippen LogP contribution in [0.25, 0.3) is 0 Å². The lowest BCUT2D eigenvalue weighted by molar-refractivity contribution is -0.128. The van der Waals surface area contributed by atoms with Gasteiger partial charge in [0.25, 0.3) is 0 Å². The van der Waals surface area contributed by atoms with Gasteiger partial charge < -0.3 is 10.0 Å². The summed E-state index contributed by atoms with van der Waals surface area (Å²) < 4.78 is 0. The second kappa shape index (κ2) is 4.45. The van der Waals surface area contributed by atoms with E-state index >= 15 is 0 Å². The topological polar surface area (TPSA) is 40.5 Å². The molecule has 72 valence electrons. The SMILES string of the molecule is CN(C)C(=O)CCCC(C)(C)O. The average Bonchev–Trinajstić information content (AvgIpc) is 1.84. The minimum Gasteiger partial charge on any atom is -0.390 e. The number of amides is 1. The van der Waals surface area contributed by atoms with Gasteiger partial charge in [0.2, 0.25) is 5.91 Å². The molecule has 0 saturated carbocycles. The summed E-state index contributed by atoms with van der Waals surface area (Å²) in [5, 5.41) is 9.34. The normalized spacial score (nSPS) is 11.4. The maximum absolute atomic E-state index is 11.1. The van der Waals surface area contributed by atoms with E-state index in [2.05, 4.69) is 0 Å². The van der Waals surface area contributed by atoms with E-state index in [1.807, 2.05) is 0 Å². The van der Waals surface area contributed by atoms with Gasteiger partial charge in [0.15, 0.2) is 0 Å². The van der Waals surface area contributed by atoms with Crippen LogP contribution in [0.5, 0.6) is 0 Å². The second-order valence-corrected chi connectivity index (χ2v) is 3.95. The van der Waals surface area contributed by atoms with E-state index in [0.717, 1.165) is 6.42 Å². The fourth-order valence-corrected chi connectivity index (χ4v) is 0.896. The largest absolute Gasteiger partial charge is 0.390 e. The first kappa shape index (κ1) is 11.4. The van der Waals surface area contributed by atoms with Crippen molar-refractivity contribution in [1.29, 1.82) is 0 Å². The van der Waals surface area contributed by atoms with Crippen molar-refractivity contribution in [2.24, 2.45) is 0 Å². The van der Waals surface area contributed by atoms with Gasteiger partial charge in [-0.2, -0.15) is 0 Å². The Morgan fingerprint density at radius 1 is 1.42 bits per heavy atom. The molecule has 3 heteroatoms. The highest BCUT2D eigenvalue weighted by Gasteiger charge is 2.13. The highest BCUT2D eigenvalue weighted by molar-refractivity contribution is 5.75. The third kappa shape index (κ3) is 6.16. The summed E-state index contributed by atoms with van der Waals surface area (Å²) in [6, 6.07) is 0. The van der Waals surface area contributed by atoms with Crippen molar-refractivity contribution in [1.82, 2.24) is 4.90 Å². The molecule has 0 heterocycles. The van der Waals surface area contributed by atoms with Crippen molar-refractivity contribution in [3.8, 4) is 0 Å². The average molecular weight is 173 g/mol. The third-order valence-electron chi connectivity index (χ3n) is 1.68. The Balaban J connectivity index is 3.51. The monoisotopic (exact) mass is 173 g/mol. The third-order valence-corrected chi connectivity index (χ3v) is 1.68. The molecule has 3 nitrogen and oxygen atoms in total. The van der Waals surface area contributed by atoms with Crippen molar-refractivity contribution in [3.63, 3.8) is 0 Å². The zero-order chi connectivity index (χ0) is 9.78. The number of rotatable bonds is 4. The van der Waals surface area contributed by atoms with Crippen LogP contribution in [-0.4, -0.2) is 35.6 Å². The van der Waals surface area contributed by atoms with Crippen LogP contribution in [0.15, 0.2) is 0 Å². The maximum atomic E-state index is 11.1. The lowest BCUT2D eigenvalue weighted by Crippen LogP contribution is -2.23. The Labute approximate surface area is 74.4 Å². The molecule has 0 aliphatic heterocycles. The Morgan fingerprint density at radius 2 is 1.92 bits per heavy atom. The van der Waals surface area contributed by atoms with E-state index in [4.69, 9.17) is 0 Å².